The lowest BCUT2D eigenvalue weighted by Crippen LogP contribution is -2.26. The van der Waals surface area contributed by atoms with Crippen molar-refractivity contribution in [2.75, 3.05) is 36.4 Å². The van der Waals surface area contributed by atoms with Crippen LogP contribution in [0.2, 0.25) is 0 Å². The lowest BCUT2D eigenvalue weighted by atomic mass is 10.1. The van der Waals surface area contributed by atoms with Crippen molar-refractivity contribution in [3.63, 3.8) is 0 Å². The second-order valence-electron chi connectivity index (χ2n) is 7.44. The van der Waals surface area contributed by atoms with Gasteiger partial charge in [0.2, 0.25) is 5.95 Å². The summed E-state index contributed by atoms with van der Waals surface area (Å²) < 4.78 is 0. The molecule has 2 aliphatic heterocycles. The maximum atomic E-state index is 4.92. The van der Waals surface area contributed by atoms with Gasteiger partial charge >= 0.3 is 0 Å². The van der Waals surface area contributed by atoms with Crippen LogP contribution in [0.15, 0.2) is 24.7 Å². The van der Waals surface area contributed by atoms with E-state index in [1.165, 1.54) is 29.8 Å². The van der Waals surface area contributed by atoms with Crippen molar-refractivity contribution in [3.8, 4) is 0 Å². The number of anilines is 2. The van der Waals surface area contributed by atoms with Crippen molar-refractivity contribution in [1.82, 2.24) is 24.8 Å². The Bertz CT molecular complexity index is 786. The van der Waals surface area contributed by atoms with Crippen LogP contribution in [0.5, 0.6) is 0 Å². The van der Waals surface area contributed by atoms with Gasteiger partial charge in [0.1, 0.15) is 5.82 Å². The largest absolute Gasteiger partial charge is 0.351 e. The summed E-state index contributed by atoms with van der Waals surface area (Å²) in [6, 6.07) is 0.570. The molecule has 2 aromatic rings. The minimum Gasteiger partial charge on any atom is -0.351 e. The number of H-pyrrole nitrogens is 1. The molecule has 1 saturated carbocycles. The molecule has 0 saturated heterocycles. The summed E-state index contributed by atoms with van der Waals surface area (Å²) in [7, 11) is 0. The Kier molecular flexibility index (Phi) is 4.09. The lowest BCUT2D eigenvalue weighted by Gasteiger charge is -2.22. The summed E-state index contributed by atoms with van der Waals surface area (Å²) in [6.45, 7) is 4.85. The molecular formula is C19H25N7. The standard InChI is InChI=1S/C19H25N7/c1-2-8-26(7-1)18-16-5-9-25(12-15-11-20-13-21-15)10-6-17(16)23-19(24-18)22-14-3-4-14/h1-2,11,13-14H,3-10,12H2,(H,20,21)(H,22,23,24). The third kappa shape index (κ3) is 3.31. The SMILES string of the molecule is C1=CCN(c2nc(NC3CC3)nc3c2CCN(Cc2cnc[nH]2)CC3)C1. The van der Waals surface area contributed by atoms with Gasteiger partial charge in [0.25, 0.3) is 0 Å². The fourth-order valence-electron chi connectivity index (χ4n) is 3.78. The summed E-state index contributed by atoms with van der Waals surface area (Å²) in [4.78, 5) is 22.0. The fraction of sp³-hybridized carbons (Fsp3) is 0.526. The summed E-state index contributed by atoms with van der Waals surface area (Å²) in [5.41, 5.74) is 3.72. The van der Waals surface area contributed by atoms with E-state index in [1.807, 2.05) is 6.20 Å². The zero-order chi connectivity index (χ0) is 17.3. The number of aromatic nitrogens is 4. The van der Waals surface area contributed by atoms with E-state index in [1.54, 1.807) is 6.33 Å². The number of hydrogen-bond donors (Lipinski definition) is 2. The summed E-state index contributed by atoms with van der Waals surface area (Å²) in [5.74, 6) is 1.95. The minimum absolute atomic E-state index is 0.570. The molecule has 7 heteroatoms. The van der Waals surface area contributed by atoms with Gasteiger partial charge in [-0.15, -0.1) is 0 Å². The van der Waals surface area contributed by atoms with Crippen LogP contribution in [0.25, 0.3) is 0 Å². The van der Waals surface area contributed by atoms with Gasteiger partial charge in [-0.3, -0.25) is 4.90 Å². The van der Waals surface area contributed by atoms with Crippen LogP contribution in [0, 0.1) is 0 Å². The molecule has 0 atom stereocenters. The quantitative estimate of drug-likeness (QED) is 0.800. The number of hydrogen-bond acceptors (Lipinski definition) is 6. The highest BCUT2D eigenvalue weighted by Crippen LogP contribution is 2.30. The van der Waals surface area contributed by atoms with Crippen molar-refractivity contribution < 1.29 is 0 Å². The molecule has 1 fully saturated rings. The van der Waals surface area contributed by atoms with Crippen molar-refractivity contribution in [2.24, 2.45) is 0 Å². The third-order valence-electron chi connectivity index (χ3n) is 5.39. The molecule has 4 heterocycles. The molecule has 0 radical (unpaired) electrons. The van der Waals surface area contributed by atoms with E-state index in [0.29, 0.717) is 6.04 Å². The summed E-state index contributed by atoms with van der Waals surface area (Å²) >= 11 is 0. The number of nitrogens with zero attached hydrogens (tertiary/aromatic N) is 5. The van der Waals surface area contributed by atoms with Crippen molar-refractivity contribution in [1.29, 1.82) is 0 Å². The highest BCUT2D eigenvalue weighted by molar-refractivity contribution is 5.55. The van der Waals surface area contributed by atoms with Crippen LogP contribution < -0.4 is 10.2 Å². The van der Waals surface area contributed by atoms with Gasteiger partial charge in [-0.05, 0) is 19.3 Å². The maximum absolute atomic E-state index is 4.92. The van der Waals surface area contributed by atoms with Crippen LogP contribution >= 0.6 is 0 Å². The van der Waals surface area contributed by atoms with E-state index in [0.717, 1.165) is 57.3 Å². The average Bonchev–Trinajstić information content (AvgIpc) is 3.11. The van der Waals surface area contributed by atoms with Crippen molar-refractivity contribution in [2.45, 2.75) is 38.3 Å². The first-order valence-corrected chi connectivity index (χ1v) is 9.61. The molecule has 3 aliphatic rings. The Morgan fingerprint density at radius 1 is 1.12 bits per heavy atom. The van der Waals surface area contributed by atoms with Gasteiger partial charge in [0.15, 0.2) is 0 Å². The van der Waals surface area contributed by atoms with Gasteiger partial charge in [-0.2, -0.15) is 4.98 Å². The molecule has 7 nitrogen and oxygen atoms in total. The molecule has 0 amide bonds. The molecule has 0 unspecified atom stereocenters. The molecule has 0 spiro atoms. The van der Waals surface area contributed by atoms with Crippen LogP contribution in [-0.2, 0) is 19.4 Å². The first kappa shape index (κ1) is 15.8. The highest BCUT2D eigenvalue weighted by atomic mass is 15.2. The fourth-order valence-corrected chi connectivity index (χ4v) is 3.78. The first-order chi connectivity index (χ1) is 12.8. The van der Waals surface area contributed by atoms with E-state index < -0.39 is 0 Å². The number of nitrogens with one attached hydrogen (secondary N) is 2. The second-order valence-corrected chi connectivity index (χ2v) is 7.44. The van der Waals surface area contributed by atoms with Gasteiger partial charge < -0.3 is 15.2 Å². The van der Waals surface area contributed by atoms with Crippen LogP contribution in [0.4, 0.5) is 11.8 Å². The topological polar surface area (TPSA) is 73.0 Å². The lowest BCUT2D eigenvalue weighted by molar-refractivity contribution is 0.276. The molecule has 26 heavy (non-hydrogen) atoms. The van der Waals surface area contributed by atoms with E-state index >= 15 is 0 Å². The van der Waals surface area contributed by atoms with E-state index in [2.05, 4.69) is 37.2 Å². The second kappa shape index (κ2) is 6.72. The van der Waals surface area contributed by atoms with Gasteiger partial charge in [-0.25, -0.2) is 9.97 Å². The molecule has 2 N–H and O–H groups in total. The van der Waals surface area contributed by atoms with E-state index in [9.17, 15) is 0 Å². The molecule has 0 bridgehead atoms. The number of aromatic amines is 1. The predicted octanol–water partition coefficient (Wildman–Crippen LogP) is 1.75. The maximum Gasteiger partial charge on any atom is 0.225 e. The zero-order valence-electron chi connectivity index (χ0n) is 15.0. The van der Waals surface area contributed by atoms with Crippen molar-refractivity contribution >= 4 is 11.8 Å². The predicted molar refractivity (Wildman–Crippen MR) is 101 cm³/mol. The Hall–Kier alpha value is -2.41. The minimum atomic E-state index is 0.570. The molecule has 2 aromatic heterocycles. The molecular weight excluding hydrogens is 326 g/mol. The van der Waals surface area contributed by atoms with Crippen molar-refractivity contribution in [3.05, 3.63) is 41.6 Å². The van der Waals surface area contributed by atoms with Gasteiger partial charge in [0, 0.05) is 62.6 Å². The average molecular weight is 351 g/mol. The van der Waals surface area contributed by atoms with Crippen LogP contribution in [0.1, 0.15) is 29.8 Å². The Morgan fingerprint density at radius 3 is 2.73 bits per heavy atom. The van der Waals surface area contributed by atoms with E-state index in [4.69, 9.17) is 9.97 Å². The molecule has 136 valence electrons. The number of rotatable bonds is 5. The van der Waals surface area contributed by atoms with Crippen LogP contribution in [-0.4, -0.2) is 57.1 Å². The Morgan fingerprint density at radius 2 is 1.96 bits per heavy atom. The normalized spacial score (nSPS) is 20.2. The molecule has 0 aromatic carbocycles. The first-order valence-electron chi connectivity index (χ1n) is 9.61. The summed E-state index contributed by atoms with van der Waals surface area (Å²) in [6.07, 6.45) is 12.6. The smallest absolute Gasteiger partial charge is 0.225 e. The Labute approximate surface area is 153 Å². The van der Waals surface area contributed by atoms with E-state index in [-0.39, 0.29) is 0 Å². The zero-order valence-corrected chi connectivity index (χ0v) is 15.0. The van der Waals surface area contributed by atoms with Gasteiger partial charge in [-0.1, -0.05) is 12.2 Å². The molecule has 5 rings (SSSR count). The Balaban J connectivity index is 1.40. The molecule has 1 aliphatic carbocycles. The third-order valence-corrected chi connectivity index (χ3v) is 5.39. The summed E-state index contributed by atoms with van der Waals surface area (Å²) in [5, 5.41) is 3.50. The monoisotopic (exact) mass is 351 g/mol. The van der Waals surface area contributed by atoms with Crippen LogP contribution in [0.3, 0.4) is 0 Å². The number of fused-ring (bicyclic) bond motifs is 1. The van der Waals surface area contributed by atoms with Gasteiger partial charge in [0.05, 0.1) is 12.0 Å². The number of imidazole rings is 1. The highest BCUT2D eigenvalue weighted by Gasteiger charge is 2.26.